The maximum atomic E-state index is 6.11. The van der Waals surface area contributed by atoms with Crippen LogP contribution >= 0.6 is 24.0 Å². The van der Waals surface area contributed by atoms with E-state index in [9.17, 15) is 0 Å². The Balaban J connectivity index is 0.00000312. The number of aliphatic imine (C=N–C) groups is 1. The molecule has 2 rings (SSSR count). The number of ether oxygens (including phenoxy) is 2. The van der Waals surface area contributed by atoms with Crippen molar-refractivity contribution in [2.75, 3.05) is 39.9 Å². The number of nitrogens with one attached hydrogen (secondary N) is 1. The van der Waals surface area contributed by atoms with Crippen LogP contribution in [0.4, 0.5) is 0 Å². The number of nitrogens with zero attached hydrogens (tertiary/aromatic N) is 2. The molecule has 0 aromatic heterocycles. The lowest BCUT2D eigenvalue weighted by Crippen LogP contribution is -2.48. The van der Waals surface area contributed by atoms with Gasteiger partial charge in [-0.2, -0.15) is 0 Å². The Morgan fingerprint density at radius 2 is 1.92 bits per heavy atom. The number of halogens is 1. The number of likely N-dealkylation sites (tertiary alicyclic amines) is 1. The molecule has 0 aromatic rings. The van der Waals surface area contributed by atoms with Gasteiger partial charge in [-0.25, -0.2) is 0 Å². The van der Waals surface area contributed by atoms with E-state index in [4.69, 9.17) is 9.47 Å². The van der Waals surface area contributed by atoms with Crippen LogP contribution in [0.2, 0.25) is 0 Å². The molecule has 1 N–H and O–H groups in total. The van der Waals surface area contributed by atoms with E-state index in [1.165, 1.54) is 25.7 Å². The van der Waals surface area contributed by atoms with E-state index >= 15 is 0 Å². The van der Waals surface area contributed by atoms with Gasteiger partial charge in [0.1, 0.15) is 0 Å². The van der Waals surface area contributed by atoms with Crippen LogP contribution in [0, 0.1) is 5.92 Å². The average molecular weight is 467 g/mol. The topological polar surface area (TPSA) is 46.1 Å². The molecule has 148 valence electrons. The number of rotatable bonds is 7. The van der Waals surface area contributed by atoms with Crippen LogP contribution in [0.5, 0.6) is 0 Å². The van der Waals surface area contributed by atoms with Crippen LogP contribution in [-0.2, 0) is 9.47 Å². The van der Waals surface area contributed by atoms with Crippen LogP contribution < -0.4 is 5.32 Å². The molecule has 2 aliphatic heterocycles. The van der Waals surface area contributed by atoms with Crippen LogP contribution in [0.15, 0.2) is 4.99 Å². The summed E-state index contributed by atoms with van der Waals surface area (Å²) in [6.45, 7) is 9.28. The Morgan fingerprint density at radius 3 is 2.48 bits per heavy atom. The summed E-state index contributed by atoms with van der Waals surface area (Å²) >= 11 is 0. The van der Waals surface area contributed by atoms with Crippen molar-refractivity contribution in [2.24, 2.45) is 10.9 Å². The second-order valence-corrected chi connectivity index (χ2v) is 7.12. The van der Waals surface area contributed by atoms with E-state index in [1.807, 2.05) is 7.05 Å². The first-order valence-electron chi connectivity index (χ1n) is 9.95. The molecular weight excluding hydrogens is 429 g/mol. The minimum Gasteiger partial charge on any atom is -0.376 e. The highest BCUT2D eigenvalue weighted by Crippen LogP contribution is 2.18. The molecule has 0 saturated carbocycles. The SMILES string of the molecule is CCC(CC)CNC(=NC)N1CCC(OCC2CCCCO2)CC1.I. The fourth-order valence-corrected chi connectivity index (χ4v) is 3.56. The Hall–Kier alpha value is -0.0800. The quantitative estimate of drug-likeness (QED) is 0.353. The minimum absolute atomic E-state index is 0. The molecule has 2 aliphatic rings. The first-order valence-corrected chi connectivity index (χ1v) is 9.95. The van der Waals surface area contributed by atoms with E-state index in [0.29, 0.717) is 12.2 Å². The van der Waals surface area contributed by atoms with Gasteiger partial charge in [0.25, 0.3) is 0 Å². The van der Waals surface area contributed by atoms with E-state index in [0.717, 1.165) is 64.0 Å². The Labute approximate surface area is 171 Å². The van der Waals surface area contributed by atoms with Crippen molar-refractivity contribution < 1.29 is 9.47 Å². The van der Waals surface area contributed by atoms with E-state index in [-0.39, 0.29) is 24.0 Å². The predicted octanol–water partition coefficient (Wildman–Crippen LogP) is 3.67. The van der Waals surface area contributed by atoms with E-state index in [1.54, 1.807) is 0 Å². The smallest absolute Gasteiger partial charge is 0.193 e. The zero-order valence-electron chi connectivity index (χ0n) is 16.3. The lowest BCUT2D eigenvalue weighted by Gasteiger charge is -2.35. The van der Waals surface area contributed by atoms with Crippen LogP contribution in [-0.4, -0.2) is 63.0 Å². The van der Waals surface area contributed by atoms with Gasteiger partial charge < -0.3 is 19.7 Å². The summed E-state index contributed by atoms with van der Waals surface area (Å²) in [5, 5.41) is 3.55. The zero-order valence-corrected chi connectivity index (χ0v) is 18.7. The van der Waals surface area contributed by atoms with Crippen LogP contribution in [0.25, 0.3) is 0 Å². The van der Waals surface area contributed by atoms with Gasteiger partial charge >= 0.3 is 0 Å². The minimum atomic E-state index is 0. The Kier molecular flexibility index (Phi) is 12.1. The highest BCUT2D eigenvalue weighted by atomic mass is 127. The van der Waals surface area contributed by atoms with Gasteiger partial charge in [0.05, 0.1) is 18.8 Å². The van der Waals surface area contributed by atoms with E-state index in [2.05, 4.69) is 29.1 Å². The summed E-state index contributed by atoms with van der Waals surface area (Å²) in [7, 11) is 1.89. The van der Waals surface area contributed by atoms with Crippen molar-refractivity contribution in [1.29, 1.82) is 0 Å². The molecule has 2 fully saturated rings. The second kappa shape index (κ2) is 13.1. The molecule has 1 unspecified atom stereocenters. The highest BCUT2D eigenvalue weighted by molar-refractivity contribution is 14.0. The zero-order chi connectivity index (χ0) is 17.2. The molecule has 0 amide bonds. The molecule has 5 nitrogen and oxygen atoms in total. The molecule has 0 aliphatic carbocycles. The fourth-order valence-electron chi connectivity index (χ4n) is 3.56. The lowest BCUT2D eigenvalue weighted by atomic mass is 10.0. The third-order valence-electron chi connectivity index (χ3n) is 5.45. The predicted molar refractivity (Wildman–Crippen MR) is 115 cm³/mol. The number of guanidine groups is 1. The summed E-state index contributed by atoms with van der Waals surface area (Å²) in [6, 6.07) is 0. The van der Waals surface area contributed by atoms with Crippen molar-refractivity contribution in [3.05, 3.63) is 0 Å². The van der Waals surface area contributed by atoms with Crippen molar-refractivity contribution in [3.63, 3.8) is 0 Å². The molecule has 0 bridgehead atoms. The molecule has 25 heavy (non-hydrogen) atoms. The maximum absolute atomic E-state index is 6.11. The standard InChI is InChI=1S/C19H37N3O2.HI/c1-4-16(5-2)14-21-19(20-3)22-11-9-17(10-12-22)24-15-18-8-6-7-13-23-18;/h16-18H,4-15H2,1-3H3,(H,20,21);1H. The van der Waals surface area contributed by atoms with Crippen molar-refractivity contribution in [1.82, 2.24) is 10.2 Å². The molecule has 0 radical (unpaired) electrons. The molecule has 2 heterocycles. The number of hydrogen-bond acceptors (Lipinski definition) is 3. The highest BCUT2D eigenvalue weighted by Gasteiger charge is 2.23. The third kappa shape index (κ3) is 7.99. The largest absolute Gasteiger partial charge is 0.376 e. The van der Waals surface area contributed by atoms with Gasteiger partial charge in [-0.05, 0) is 38.0 Å². The van der Waals surface area contributed by atoms with Crippen molar-refractivity contribution >= 4 is 29.9 Å². The van der Waals surface area contributed by atoms with Gasteiger partial charge in [-0.3, -0.25) is 4.99 Å². The molecular formula is C19H38IN3O2. The molecule has 1 atom stereocenters. The monoisotopic (exact) mass is 467 g/mol. The summed E-state index contributed by atoms with van der Waals surface area (Å²) in [6.07, 6.45) is 8.96. The third-order valence-corrected chi connectivity index (χ3v) is 5.45. The Bertz CT molecular complexity index is 364. The number of hydrogen-bond donors (Lipinski definition) is 1. The lowest BCUT2D eigenvalue weighted by molar-refractivity contribution is -0.0721. The van der Waals surface area contributed by atoms with E-state index < -0.39 is 0 Å². The normalized spacial score (nSPS) is 22.8. The van der Waals surface area contributed by atoms with Gasteiger partial charge in [0.15, 0.2) is 5.96 Å². The average Bonchev–Trinajstić information content (AvgIpc) is 2.65. The Morgan fingerprint density at radius 1 is 1.20 bits per heavy atom. The van der Waals surface area contributed by atoms with Gasteiger partial charge in [0.2, 0.25) is 0 Å². The van der Waals surface area contributed by atoms with Crippen molar-refractivity contribution in [2.45, 2.75) is 71.0 Å². The van der Waals surface area contributed by atoms with Crippen LogP contribution in [0.3, 0.4) is 0 Å². The molecule has 0 spiro atoms. The molecule has 0 aromatic carbocycles. The summed E-state index contributed by atoms with van der Waals surface area (Å²) in [4.78, 5) is 6.84. The maximum Gasteiger partial charge on any atom is 0.193 e. The van der Waals surface area contributed by atoms with Crippen molar-refractivity contribution in [3.8, 4) is 0 Å². The van der Waals surface area contributed by atoms with Gasteiger partial charge in [-0.1, -0.05) is 26.7 Å². The first kappa shape index (κ1) is 23.0. The molecule has 6 heteroatoms. The molecule has 2 saturated heterocycles. The second-order valence-electron chi connectivity index (χ2n) is 7.12. The summed E-state index contributed by atoms with van der Waals surface area (Å²) in [5.74, 6) is 1.79. The van der Waals surface area contributed by atoms with Gasteiger partial charge in [0, 0.05) is 33.3 Å². The first-order chi connectivity index (χ1) is 11.8. The summed E-state index contributed by atoms with van der Waals surface area (Å²) in [5.41, 5.74) is 0. The fraction of sp³-hybridized carbons (Fsp3) is 0.947. The van der Waals surface area contributed by atoms with Gasteiger partial charge in [-0.15, -0.1) is 24.0 Å². The number of piperidine rings is 1. The summed E-state index contributed by atoms with van der Waals surface area (Å²) < 4.78 is 11.9. The van der Waals surface area contributed by atoms with Crippen LogP contribution in [0.1, 0.15) is 58.8 Å².